The lowest BCUT2D eigenvalue weighted by Crippen LogP contribution is -2.44. The van der Waals surface area contributed by atoms with Gasteiger partial charge in [0, 0.05) is 23.0 Å². The Kier molecular flexibility index (Phi) is 3.43. The third-order valence-electron chi connectivity index (χ3n) is 4.26. The molecule has 3 heterocycles. The Morgan fingerprint density at radius 1 is 1.45 bits per heavy atom. The molecule has 6 nitrogen and oxygen atoms in total. The molecule has 7 heteroatoms. The van der Waals surface area contributed by atoms with Crippen molar-refractivity contribution < 1.29 is 15.1 Å². The first-order chi connectivity index (χ1) is 9.47. The lowest BCUT2D eigenvalue weighted by molar-refractivity contribution is -0.383. The normalized spacial score (nSPS) is 30.6. The minimum absolute atomic E-state index is 0.0826. The molecule has 20 heavy (non-hydrogen) atoms. The number of aliphatic hydroxyl groups is 2. The van der Waals surface area contributed by atoms with E-state index in [4.69, 9.17) is 0 Å². The topological polar surface area (TPSA) is 86.8 Å². The van der Waals surface area contributed by atoms with E-state index >= 15 is 0 Å². The molecule has 3 atom stereocenters. The molecule has 2 fully saturated rings. The first-order valence-electron chi connectivity index (χ1n) is 6.90. The predicted octanol–water partition coefficient (Wildman–Crippen LogP) is 2.20. The zero-order chi connectivity index (χ0) is 14.4. The summed E-state index contributed by atoms with van der Waals surface area (Å²) in [6.07, 6.45) is 2.31. The van der Waals surface area contributed by atoms with Crippen LogP contribution in [0.5, 0.6) is 0 Å². The van der Waals surface area contributed by atoms with E-state index < -0.39 is 6.10 Å². The van der Waals surface area contributed by atoms with Gasteiger partial charge >= 0.3 is 5.69 Å². The van der Waals surface area contributed by atoms with Gasteiger partial charge in [0.15, 0.2) is 5.00 Å². The highest BCUT2D eigenvalue weighted by Gasteiger charge is 2.43. The van der Waals surface area contributed by atoms with Crippen molar-refractivity contribution in [3.05, 3.63) is 21.1 Å². The van der Waals surface area contributed by atoms with Crippen LogP contribution in [0.3, 0.4) is 0 Å². The van der Waals surface area contributed by atoms with Gasteiger partial charge in [0.05, 0.1) is 17.1 Å². The SMILES string of the molecule is CC(O)c1cc([N+](=O)[O-])c(N2C3CCC2CC(O)C3)s1. The van der Waals surface area contributed by atoms with E-state index in [1.165, 1.54) is 17.4 Å². The Morgan fingerprint density at radius 3 is 2.55 bits per heavy atom. The van der Waals surface area contributed by atoms with Crippen LogP contribution in [0, 0.1) is 10.1 Å². The molecular formula is C13H18N2O4S. The third-order valence-corrected chi connectivity index (χ3v) is 5.57. The maximum atomic E-state index is 11.3. The molecule has 0 radical (unpaired) electrons. The monoisotopic (exact) mass is 298 g/mol. The lowest BCUT2D eigenvalue weighted by atomic mass is 10.0. The number of nitrogens with zero attached hydrogens (tertiary/aromatic N) is 2. The number of fused-ring (bicyclic) bond motifs is 2. The molecule has 2 bridgehead atoms. The summed E-state index contributed by atoms with van der Waals surface area (Å²) in [4.78, 5) is 13.6. The van der Waals surface area contributed by atoms with E-state index in [2.05, 4.69) is 4.90 Å². The van der Waals surface area contributed by atoms with Gasteiger partial charge in [0.25, 0.3) is 0 Å². The maximum Gasteiger partial charge on any atom is 0.304 e. The number of piperidine rings is 1. The second kappa shape index (κ2) is 4.98. The summed E-state index contributed by atoms with van der Waals surface area (Å²) in [6, 6.07) is 1.85. The van der Waals surface area contributed by atoms with Gasteiger partial charge in [-0.2, -0.15) is 0 Å². The lowest BCUT2D eigenvalue weighted by Gasteiger charge is -2.37. The molecule has 0 saturated carbocycles. The van der Waals surface area contributed by atoms with Gasteiger partial charge in [-0.15, -0.1) is 11.3 Å². The summed E-state index contributed by atoms with van der Waals surface area (Å²) >= 11 is 1.30. The van der Waals surface area contributed by atoms with Crippen LogP contribution in [-0.4, -0.2) is 33.3 Å². The van der Waals surface area contributed by atoms with Gasteiger partial charge in [-0.25, -0.2) is 0 Å². The van der Waals surface area contributed by atoms with E-state index in [-0.39, 0.29) is 28.8 Å². The summed E-state index contributed by atoms with van der Waals surface area (Å²) < 4.78 is 0. The van der Waals surface area contributed by atoms with Gasteiger partial charge in [-0.05, 0) is 32.6 Å². The zero-order valence-electron chi connectivity index (χ0n) is 11.2. The molecule has 0 aromatic carbocycles. The molecular weight excluding hydrogens is 280 g/mol. The molecule has 2 aliphatic rings. The van der Waals surface area contributed by atoms with E-state index in [0.717, 1.165) is 12.8 Å². The summed E-state index contributed by atoms with van der Waals surface area (Å²) in [5, 5.41) is 31.4. The first-order valence-corrected chi connectivity index (χ1v) is 7.71. The van der Waals surface area contributed by atoms with Crippen molar-refractivity contribution >= 4 is 22.0 Å². The van der Waals surface area contributed by atoms with Gasteiger partial charge in [0.1, 0.15) is 0 Å². The van der Waals surface area contributed by atoms with Crippen LogP contribution in [0.2, 0.25) is 0 Å². The van der Waals surface area contributed by atoms with Crippen LogP contribution in [0.1, 0.15) is 43.6 Å². The van der Waals surface area contributed by atoms with E-state index in [1.807, 2.05) is 0 Å². The van der Waals surface area contributed by atoms with Crippen molar-refractivity contribution in [3.8, 4) is 0 Å². The average Bonchev–Trinajstić information content (AvgIpc) is 2.89. The largest absolute Gasteiger partial charge is 0.393 e. The number of hydrogen-bond donors (Lipinski definition) is 2. The number of hydrogen-bond acceptors (Lipinski definition) is 6. The molecule has 3 unspecified atom stereocenters. The van der Waals surface area contributed by atoms with Crippen molar-refractivity contribution in [2.45, 2.75) is 56.9 Å². The smallest absolute Gasteiger partial charge is 0.304 e. The molecule has 0 aliphatic carbocycles. The molecule has 1 aromatic rings. The van der Waals surface area contributed by atoms with Crippen molar-refractivity contribution in [1.82, 2.24) is 0 Å². The Morgan fingerprint density at radius 2 is 2.05 bits per heavy atom. The first kappa shape index (κ1) is 13.8. The quantitative estimate of drug-likeness (QED) is 0.660. The zero-order valence-corrected chi connectivity index (χ0v) is 12.0. The van der Waals surface area contributed by atoms with Crippen LogP contribution in [0.15, 0.2) is 6.07 Å². The van der Waals surface area contributed by atoms with E-state index in [1.54, 1.807) is 6.92 Å². The van der Waals surface area contributed by atoms with E-state index in [0.29, 0.717) is 22.7 Å². The molecule has 2 N–H and O–H groups in total. The summed E-state index contributed by atoms with van der Waals surface area (Å²) in [5.41, 5.74) is 0.0826. The van der Waals surface area contributed by atoms with Crippen molar-refractivity contribution in [2.24, 2.45) is 0 Å². The van der Waals surface area contributed by atoms with Crippen molar-refractivity contribution in [2.75, 3.05) is 4.90 Å². The van der Waals surface area contributed by atoms with Gasteiger partial charge in [0.2, 0.25) is 0 Å². The van der Waals surface area contributed by atoms with Crippen molar-refractivity contribution in [1.29, 1.82) is 0 Å². The average molecular weight is 298 g/mol. The molecule has 3 rings (SSSR count). The molecule has 2 aliphatic heterocycles. The predicted molar refractivity (Wildman–Crippen MR) is 76.1 cm³/mol. The summed E-state index contributed by atoms with van der Waals surface area (Å²) in [7, 11) is 0. The number of anilines is 1. The Labute approximate surface area is 120 Å². The number of aliphatic hydroxyl groups excluding tert-OH is 2. The molecule has 110 valence electrons. The van der Waals surface area contributed by atoms with Gasteiger partial charge < -0.3 is 15.1 Å². The highest BCUT2D eigenvalue weighted by molar-refractivity contribution is 7.16. The highest BCUT2D eigenvalue weighted by Crippen LogP contribution is 2.47. The van der Waals surface area contributed by atoms with Crippen LogP contribution < -0.4 is 4.90 Å². The van der Waals surface area contributed by atoms with E-state index in [9.17, 15) is 20.3 Å². The number of thiophene rings is 1. The van der Waals surface area contributed by atoms with Crippen LogP contribution in [-0.2, 0) is 0 Å². The van der Waals surface area contributed by atoms with Gasteiger partial charge in [-0.1, -0.05) is 0 Å². The molecule has 0 spiro atoms. The Hall–Kier alpha value is -1.18. The van der Waals surface area contributed by atoms with Crippen LogP contribution in [0.25, 0.3) is 0 Å². The third kappa shape index (κ3) is 2.19. The Balaban J connectivity index is 1.99. The maximum absolute atomic E-state index is 11.3. The second-order valence-corrected chi connectivity index (χ2v) is 6.75. The fourth-order valence-corrected chi connectivity index (χ4v) is 4.60. The molecule has 0 amide bonds. The molecule has 2 saturated heterocycles. The standard InChI is InChI=1S/C13H18N2O4S/c1-7(16)12-6-11(15(18)19)13(20-12)14-8-2-3-9(14)5-10(17)4-8/h6-10,16-17H,2-5H2,1H3. The summed E-state index contributed by atoms with van der Waals surface area (Å²) in [5.74, 6) is 0. The van der Waals surface area contributed by atoms with Crippen LogP contribution >= 0.6 is 11.3 Å². The second-order valence-electron chi connectivity index (χ2n) is 5.69. The fraction of sp³-hybridized carbons (Fsp3) is 0.692. The highest BCUT2D eigenvalue weighted by atomic mass is 32.1. The minimum atomic E-state index is -0.694. The number of rotatable bonds is 3. The Bertz CT molecular complexity index is 516. The van der Waals surface area contributed by atoms with Crippen molar-refractivity contribution in [3.63, 3.8) is 0 Å². The van der Waals surface area contributed by atoms with Crippen LogP contribution in [0.4, 0.5) is 10.7 Å². The fourth-order valence-electron chi connectivity index (χ4n) is 3.39. The minimum Gasteiger partial charge on any atom is -0.393 e. The molecule has 1 aromatic heterocycles. The number of nitro groups is 1. The van der Waals surface area contributed by atoms with Gasteiger partial charge in [-0.3, -0.25) is 10.1 Å². The summed E-state index contributed by atoms with van der Waals surface area (Å²) in [6.45, 7) is 1.62.